The van der Waals surface area contributed by atoms with Gasteiger partial charge in [0.05, 0.1) is 7.11 Å². The van der Waals surface area contributed by atoms with E-state index < -0.39 is 5.54 Å². The van der Waals surface area contributed by atoms with Crippen LogP contribution in [0.4, 0.5) is 5.69 Å². The zero-order chi connectivity index (χ0) is 17.9. The van der Waals surface area contributed by atoms with Crippen molar-refractivity contribution < 1.29 is 9.53 Å². The molecule has 1 N–H and O–H groups in total. The molecule has 0 aromatic heterocycles. The van der Waals surface area contributed by atoms with Crippen molar-refractivity contribution in [2.24, 2.45) is 0 Å². The number of methoxy groups -OCH3 is 1. The molecule has 2 saturated heterocycles. The number of benzene rings is 1. The molecule has 0 aliphatic carbocycles. The van der Waals surface area contributed by atoms with Crippen molar-refractivity contribution >= 4 is 11.6 Å². The number of likely N-dealkylation sites (tertiary alicyclic amines) is 2. The number of carbonyl (C=O) groups excluding carboxylic acids is 1. The molecule has 0 radical (unpaired) electrons. The first-order valence-electron chi connectivity index (χ1n) is 9.45. The fourth-order valence-electron chi connectivity index (χ4n) is 3.99. The van der Waals surface area contributed by atoms with Crippen LogP contribution in [0.15, 0.2) is 24.3 Å². The van der Waals surface area contributed by atoms with E-state index in [4.69, 9.17) is 4.74 Å². The summed E-state index contributed by atoms with van der Waals surface area (Å²) in [5, 5.41) is 3.38. The van der Waals surface area contributed by atoms with Gasteiger partial charge in [-0.25, -0.2) is 0 Å². The van der Waals surface area contributed by atoms with Gasteiger partial charge in [0.15, 0.2) is 0 Å². The minimum Gasteiger partial charge on any atom is -0.497 e. The molecule has 5 heteroatoms. The lowest BCUT2D eigenvalue weighted by atomic mass is 10.0. The van der Waals surface area contributed by atoms with Crippen LogP contribution in [0.5, 0.6) is 5.75 Å². The minimum atomic E-state index is -0.620. The summed E-state index contributed by atoms with van der Waals surface area (Å²) < 4.78 is 5.19. The molecule has 1 amide bonds. The maximum atomic E-state index is 13.0. The molecule has 25 heavy (non-hydrogen) atoms. The van der Waals surface area contributed by atoms with Crippen molar-refractivity contribution in [3.8, 4) is 5.75 Å². The predicted molar refractivity (Wildman–Crippen MR) is 101 cm³/mol. The maximum absolute atomic E-state index is 13.0. The van der Waals surface area contributed by atoms with Gasteiger partial charge in [0.1, 0.15) is 11.3 Å². The topological polar surface area (TPSA) is 44.8 Å². The molecule has 1 atom stereocenters. The lowest BCUT2D eigenvalue weighted by Gasteiger charge is -2.34. The lowest BCUT2D eigenvalue weighted by molar-refractivity contribution is -0.134. The maximum Gasteiger partial charge on any atom is 0.247 e. The molecular weight excluding hydrogens is 314 g/mol. The first kappa shape index (κ1) is 18.1. The summed E-state index contributed by atoms with van der Waals surface area (Å²) in [4.78, 5) is 17.7. The molecule has 138 valence electrons. The summed E-state index contributed by atoms with van der Waals surface area (Å²) in [6, 6.07) is 8.26. The Balaban J connectivity index is 1.58. The molecule has 2 fully saturated rings. The van der Waals surface area contributed by atoms with E-state index in [1.165, 1.54) is 32.4 Å². The lowest BCUT2D eigenvalue weighted by Crippen LogP contribution is -2.50. The van der Waals surface area contributed by atoms with Crippen LogP contribution in [-0.2, 0) is 4.79 Å². The standard InChI is InChI=1S/C20H31N3O2/c1-20(2,21-16-7-9-18(25-3)10-8-16)19(24)23-14-11-17(15-23)22-12-5-4-6-13-22/h7-10,17,21H,4-6,11-15H2,1-3H3/t17-/m0/s1. The Morgan fingerprint density at radius 3 is 2.44 bits per heavy atom. The number of amides is 1. The van der Waals surface area contributed by atoms with Gasteiger partial charge in [-0.1, -0.05) is 6.42 Å². The van der Waals surface area contributed by atoms with Gasteiger partial charge < -0.3 is 15.0 Å². The summed E-state index contributed by atoms with van der Waals surface area (Å²) in [7, 11) is 1.65. The number of nitrogens with zero attached hydrogens (tertiary/aromatic N) is 2. The normalized spacial score (nSPS) is 22.0. The van der Waals surface area contributed by atoms with Gasteiger partial charge in [0, 0.05) is 24.8 Å². The third kappa shape index (κ3) is 4.27. The minimum absolute atomic E-state index is 0.183. The Labute approximate surface area is 151 Å². The number of ether oxygens (including phenoxy) is 1. The summed E-state index contributed by atoms with van der Waals surface area (Å²) in [5.41, 5.74) is 0.316. The Kier molecular flexibility index (Phi) is 5.52. The molecule has 0 unspecified atom stereocenters. The Morgan fingerprint density at radius 1 is 1.12 bits per heavy atom. The van der Waals surface area contributed by atoms with Gasteiger partial charge in [0.25, 0.3) is 0 Å². The second-order valence-electron chi connectivity index (χ2n) is 7.77. The number of carbonyl (C=O) groups is 1. The van der Waals surface area contributed by atoms with Gasteiger partial charge in [-0.2, -0.15) is 0 Å². The molecule has 2 heterocycles. The average molecular weight is 345 g/mol. The zero-order valence-corrected chi connectivity index (χ0v) is 15.8. The number of nitrogens with one attached hydrogen (secondary N) is 1. The number of piperidine rings is 1. The van der Waals surface area contributed by atoms with Crippen molar-refractivity contribution in [3.05, 3.63) is 24.3 Å². The van der Waals surface area contributed by atoms with E-state index in [-0.39, 0.29) is 5.91 Å². The zero-order valence-electron chi connectivity index (χ0n) is 15.8. The van der Waals surface area contributed by atoms with Crippen molar-refractivity contribution in [1.82, 2.24) is 9.80 Å². The average Bonchev–Trinajstić information content (AvgIpc) is 3.12. The number of anilines is 1. The van der Waals surface area contributed by atoms with Crippen LogP contribution in [-0.4, -0.2) is 60.6 Å². The number of hydrogen-bond donors (Lipinski definition) is 1. The highest BCUT2D eigenvalue weighted by Gasteiger charge is 2.37. The highest BCUT2D eigenvalue weighted by atomic mass is 16.5. The smallest absolute Gasteiger partial charge is 0.247 e. The third-order valence-corrected chi connectivity index (χ3v) is 5.44. The van der Waals surface area contributed by atoms with Crippen LogP contribution in [0.2, 0.25) is 0 Å². The molecule has 0 saturated carbocycles. The molecule has 2 aliphatic heterocycles. The summed E-state index contributed by atoms with van der Waals surface area (Å²) in [6.07, 6.45) is 5.05. The number of rotatable bonds is 5. The summed E-state index contributed by atoms with van der Waals surface area (Å²) >= 11 is 0. The fourth-order valence-corrected chi connectivity index (χ4v) is 3.99. The van der Waals surface area contributed by atoms with Crippen LogP contribution in [0.25, 0.3) is 0 Å². The summed E-state index contributed by atoms with van der Waals surface area (Å²) in [5.74, 6) is 1.00. The van der Waals surface area contributed by atoms with E-state index in [9.17, 15) is 4.79 Å². The highest BCUT2D eigenvalue weighted by Crippen LogP contribution is 2.25. The van der Waals surface area contributed by atoms with Gasteiger partial charge in [0.2, 0.25) is 5.91 Å². The fraction of sp³-hybridized carbons (Fsp3) is 0.650. The van der Waals surface area contributed by atoms with Crippen molar-refractivity contribution in [3.63, 3.8) is 0 Å². The van der Waals surface area contributed by atoms with Crippen LogP contribution in [0.3, 0.4) is 0 Å². The van der Waals surface area contributed by atoms with Gasteiger partial charge >= 0.3 is 0 Å². The highest BCUT2D eigenvalue weighted by molar-refractivity contribution is 5.88. The van der Waals surface area contributed by atoms with E-state index in [2.05, 4.69) is 10.2 Å². The van der Waals surface area contributed by atoms with E-state index >= 15 is 0 Å². The Bertz CT molecular complexity index is 579. The molecule has 1 aromatic carbocycles. The van der Waals surface area contributed by atoms with Crippen molar-refractivity contribution in [2.45, 2.75) is 51.1 Å². The van der Waals surface area contributed by atoms with E-state index in [1.807, 2.05) is 43.0 Å². The SMILES string of the molecule is COc1ccc(NC(C)(C)C(=O)N2CC[C@H](N3CCCCC3)C2)cc1. The Hall–Kier alpha value is -1.75. The van der Waals surface area contributed by atoms with Crippen LogP contribution in [0, 0.1) is 0 Å². The van der Waals surface area contributed by atoms with E-state index in [0.29, 0.717) is 6.04 Å². The van der Waals surface area contributed by atoms with Crippen molar-refractivity contribution in [1.29, 1.82) is 0 Å². The summed E-state index contributed by atoms with van der Waals surface area (Å²) in [6.45, 7) is 8.06. The molecule has 2 aliphatic rings. The number of hydrogen-bond acceptors (Lipinski definition) is 4. The van der Waals surface area contributed by atoms with Crippen molar-refractivity contribution in [2.75, 3.05) is 38.6 Å². The van der Waals surface area contributed by atoms with Gasteiger partial charge in [-0.05, 0) is 70.5 Å². The second-order valence-corrected chi connectivity index (χ2v) is 7.77. The quantitative estimate of drug-likeness (QED) is 0.891. The third-order valence-electron chi connectivity index (χ3n) is 5.44. The first-order valence-corrected chi connectivity index (χ1v) is 9.45. The monoisotopic (exact) mass is 345 g/mol. The first-order chi connectivity index (χ1) is 12.0. The van der Waals surface area contributed by atoms with Gasteiger partial charge in [-0.15, -0.1) is 0 Å². The Morgan fingerprint density at radius 2 is 1.80 bits per heavy atom. The molecule has 3 rings (SSSR count). The molecule has 1 aromatic rings. The van der Waals surface area contributed by atoms with E-state index in [0.717, 1.165) is 30.9 Å². The molecule has 0 spiro atoms. The van der Waals surface area contributed by atoms with E-state index in [1.54, 1.807) is 7.11 Å². The van der Waals surface area contributed by atoms with Crippen LogP contribution < -0.4 is 10.1 Å². The largest absolute Gasteiger partial charge is 0.497 e. The predicted octanol–water partition coefficient (Wildman–Crippen LogP) is 2.97. The molecular formula is C20H31N3O2. The second kappa shape index (κ2) is 7.65. The van der Waals surface area contributed by atoms with Crippen LogP contribution >= 0.6 is 0 Å². The van der Waals surface area contributed by atoms with Gasteiger partial charge in [-0.3, -0.25) is 9.69 Å². The van der Waals surface area contributed by atoms with Crippen LogP contribution in [0.1, 0.15) is 39.5 Å². The molecule has 5 nitrogen and oxygen atoms in total. The molecule has 0 bridgehead atoms.